The molecule has 0 amide bonds. The minimum absolute atomic E-state index is 0.192. The van der Waals surface area contributed by atoms with Crippen molar-refractivity contribution in [1.82, 2.24) is 9.97 Å². The average molecular weight is 314 g/mol. The first-order valence-corrected chi connectivity index (χ1v) is 7.83. The summed E-state index contributed by atoms with van der Waals surface area (Å²) in [6, 6.07) is 9.14. The van der Waals surface area contributed by atoms with E-state index in [1.54, 1.807) is 6.21 Å². The molecule has 1 aromatic carbocycles. The summed E-state index contributed by atoms with van der Waals surface area (Å²) in [6.45, 7) is 4.81. The number of H-pyrrole nitrogens is 1. The predicted octanol–water partition coefficient (Wildman–Crippen LogP) is 2.96. The van der Waals surface area contributed by atoms with E-state index < -0.39 is 0 Å². The number of hydrazone groups is 1. The quantitative estimate of drug-likeness (QED) is 0.446. The highest BCUT2D eigenvalue weighted by Crippen LogP contribution is 2.11. The highest BCUT2D eigenvalue weighted by Gasteiger charge is 1.98. The van der Waals surface area contributed by atoms with E-state index in [1.165, 1.54) is 6.07 Å². The maximum Gasteiger partial charge on any atom is 0.252 e. The molecule has 0 aliphatic heterocycles. The summed E-state index contributed by atoms with van der Waals surface area (Å²) in [7, 11) is 0. The van der Waals surface area contributed by atoms with Crippen molar-refractivity contribution >= 4 is 12.2 Å². The van der Waals surface area contributed by atoms with Gasteiger partial charge in [0, 0.05) is 11.8 Å². The van der Waals surface area contributed by atoms with Crippen LogP contribution in [-0.2, 0) is 6.42 Å². The number of hydrogen-bond donors (Lipinski definition) is 2. The van der Waals surface area contributed by atoms with Crippen molar-refractivity contribution in [3.05, 3.63) is 51.9 Å². The van der Waals surface area contributed by atoms with Crippen LogP contribution in [0, 0.1) is 0 Å². The molecule has 0 bridgehead atoms. The van der Waals surface area contributed by atoms with Gasteiger partial charge in [0.15, 0.2) is 0 Å². The highest BCUT2D eigenvalue weighted by atomic mass is 16.5. The van der Waals surface area contributed by atoms with E-state index in [2.05, 4.69) is 27.4 Å². The Morgan fingerprint density at radius 1 is 1.30 bits per heavy atom. The maximum absolute atomic E-state index is 11.4. The van der Waals surface area contributed by atoms with Gasteiger partial charge in [0.2, 0.25) is 5.95 Å². The molecule has 0 aliphatic rings. The molecular formula is C17H22N4O2. The van der Waals surface area contributed by atoms with Crippen LogP contribution in [-0.4, -0.2) is 22.8 Å². The standard InChI is InChI=1S/C17H22N4O2/c1-3-5-10-23-15-8-6-13(7-9-15)12-18-21-17-19-14(4-2)11-16(22)20-17/h6-9,11-12H,3-5,10H2,1-2H3,(H2,19,20,21,22)/b18-12-. The van der Waals surface area contributed by atoms with E-state index in [4.69, 9.17) is 4.74 Å². The molecule has 0 saturated heterocycles. The molecule has 23 heavy (non-hydrogen) atoms. The van der Waals surface area contributed by atoms with E-state index >= 15 is 0 Å². The van der Waals surface area contributed by atoms with E-state index in [1.807, 2.05) is 31.2 Å². The number of rotatable bonds is 8. The molecule has 0 spiro atoms. The fraction of sp³-hybridized carbons (Fsp3) is 0.353. The normalized spacial score (nSPS) is 10.9. The molecule has 2 rings (SSSR count). The molecule has 1 heterocycles. The summed E-state index contributed by atoms with van der Waals surface area (Å²) in [4.78, 5) is 18.3. The van der Waals surface area contributed by atoms with Crippen LogP contribution in [0.3, 0.4) is 0 Å². The Kier molecular flexibility index (Phi) is 6.35. The molecule has 6 nitrogen and oxygen atoms in total. The fourth-order valence-electron chi connectivity index (χ4n) is 1.89. The Balaban J connectivity index is 1.92. The van der Waals surface area contributed by atoms with Crippen molar-refractivity contribution in [3.8, 4) is 5.75 Å². The first-order chi connectivity index (χ1) is 11.2. The monoisotopic (exact) mass is 314 g/mol. The molecule has 0 aliphatic carbocycles. The predicted molar refractivity (Wildman–Crippen MR) is 92.3 cm³/mol. The largest absolute Gasteiger partial charge is 0.494 e. The van der Waals surface area contributed by atoms with Gasteiger partial charge in [0.1, 0.15) is 5.75 Å². The zero-order valence-corrected chi connectivity index (χ0v) is 13.5. The number of ether oxygens (including phenoxy) is 1. The lowest BCUT2D eigenvalue weighted by Gasteiger charge is -2.05. The van der Waals surface area contributed by atoms with Gasteiger partial charge in [0.05, 0.1) is 12.8 Å². The molecule has 2 N–H and O–H groups in total. The zero-order valence-electron chi connectivity index (χ0n) is 13.5. The fourth-order valence-corrected chi connectivity index (χ4v) is 1.89. The number of hydrogen-bond acceptors (Lipinski definition) is 5. The van der Waals surface area contributed by atoms with Crippen LogP contribution in [0.15, 0.2) is 40.2 Å². The Hall–Kier alpha value is -2.63. The van der Waals surface area contributed by atoms with Crippen LogP contribution in [0.4, 0.5) is 5.95 Å². The Bertz CT molecular complexity index is 692. The third-order valence-corrected chi connectivity index (χ3v) is 3.19. The van der Waals surface area contributed by atoms with Crippen LogP contribution in [0.1, 0.15) is 37.9 Å². The maximum atomic E-state index is 11.4. The SMILES string of the molecule is CCCCOc1ccc(/C=N\Nc2nc(CC)cc(=O)[nH]2)cc1. The van der Waals surface area contributed by atoms with E-state index in [0.717, 1.165) is 36.5 Å². The van der Waals surface area contributed by atoms with Crippen LogP contribution in [0.5, 0.6) is 5.75 Å². The number of aromatic amines is 1. The first kappa shape index (κ1) is 16.7. The second-order valence-electron chi connectivity index (χ2n) is 5.08. The highest BCUT2D eigenvalue weighted by molar-refractivity contribution is 5.80. The minimum atomic E-state index is -0.192. The first-order valence-electron chi connectivity index (χ1n) is 7.83. The summed E-state index contributed by atoms with van der Waals surface area (Å²) < 4.78 is 5.60. The second kappa shape index (κ2) is 8.73. The second-order valence-corrected chi connectivity index (χ2v) is 5.08. The van der Waals surface area contributed by atoms with Crippen molar-refractivity contribution < 1.29 is 4.74 Å². The van der Waals surface area contributed by atoms with Gasteiger partial charge in [-0.1, -0.05) is 20.3 Å². The lowest BCUT2D eigenvalue weighted by Crippen LogP contribution is -2.11. The van der Waals surface area contributed by atoms with Crippen molar-refractivity contribution in [2.45, 2.75) is 33.1 Å². The zero-order chi connectivity index (χ0) is 16.5. The van der Waals surface area contributed by atoms with Gasteiger partial charge in [-0.2, -0.15) is 5.10 Å². The molecule has 1 aromatic heterocycles. The Morgan fingerprint density at radius 3 is 2.78 bits per heavy atom. The summed E-state index contributed by atoms with van der Waals surface area (Å²) in [5.41, 5.74) is 4.19. The molecule has 0 radical (unpaired) electrons. The van der Waals surface area contributed by atoms with Crippen molar-refractivity contribution in [3.63, 3.8) is 0 Å². The number of unbranched alkanes of at least 4 members (excludes halogenated alkanes) is 1. The Labute approximate surface area is 135 Å². The molecular weight excluding hydrogens is 292 g/mol. The molecule has 6 heteroatoms. The van der Waals surface area contributed by atoms with E-state index in [-0.39, 0.29) is 5.56 Å². The summed E-state index contributed by atoms with van der Waals surface area (Å²) >= 11 is 0. The summed E-state index contributed by atoms with van der Waals surface area (Å²) in [5.74, 6) is 1.19. The van der Waals surface area contributed by atoms with Crippen LogP contribution >= 0.6 is 0 Å². The number of benzene rings is 1. The van der Waals surface area contributed by atoms with Crippen molar-refractivity contribution in [1.29, 1.82) is 0 Å². The Morgan fingerprint density at radius 2 is 2.09 bits per heavy atom. The van der Waals surface area contributed by atoms with Crippen molar-refractivity contribution in [2.75, 3.05) is 12.0 Å². The minimum Gasteiger partial charge on any atom is -0.494 e. The van der Waals surface area contributed by atoms with Gasteiger partial charge in [-0.15, -0.1) is 0 Å². The topological polar surface area (TPSA) is 79.4 Å². The smallest absolute Gasteiger partial charge is 0.252 e. The van der Waals surface area contributed by atoms with Crippen molar-refractivity contribution in [2.24, 2.45) is 5.10 Å². The van der Waals surface area contributed by atoms with Gasteiger partial charge < -0.3 is 4.74 Å². The van der Waals surface area contributed by atoms with Crippen LogP contribution in [0.25, 0.3) is 0 Å². The number of anilines is 1. The van der Waals surface area contributed by atoms with Gasteiger partial charge in [-0.25, -0.2) is 10.4 Å². The lowest BCUT2D eigenvalue weighted by molar-refractivity contribution is 0.309. The molecule has 122 valence electrons. The summed E-state index contributed by atoms with van der Waals surface area (Å²) in [5, 5.41) is 4.09. The molecule has 0 fully saturated rings. The number of nitrogens with zero attached hydrogens (tertiary/aromatic N) is 2. The third kappa shape index (κ3) is 5.58. The van der Waals surface area contributed by atoms with Gasteiger partial charge in [0.25, 0.3) is 5.56 Å². The number of aromatic nitrogens is 2. The number of aryl methyl sites for hydroxylation is 1. The van der Waals surface area contributed by atoms with Crippen LogP contribution in [0.2, 0.25) is 0 Å². The molecule has 0 atom stereocenters. The third-order valence-electron chi connectivity index (χ3n) is 3.19. The molecule has 2 aromatic rings. The molecule has 0 saturated carbocycles. The molecule has 0 unspecified atom stereocenters. The van der Waals surface area contributed by atoms with E-state index in [9.17, 15) is 4.79 Å². The lowest BCUT2D eigenvalue weighted by atomic mass is 10.2. The van der Waals surface area contributed by atoms with E-state index in [0.29, 0.717) is 12.4 Å². The van der Waals surface area contributed by atoms with Gasteiger partial charge in [-0.3, -0.25) is 9.78 Å². The van der Waals surface area contributed by atoms with Gasteiger partial charge >= 0.3 is 0 Å². The summed E-state index contributed by atoms with van der Waals surface area (Å²) in [6.07, 6.45) is 4.52. The number of nitrogens with one attached hydrogen (secondary N) is 2. The van der Waals surface area contributed by atoms with Crippen LogP contribution < -0.4 is 15.7 Å². The average Bonchev–Trinajstić information content (AvgIpc) is 2.56. The van der Waals surface area contributed by atoms with Gasteiger partial charge in [-0.05, 0) is 42.7 Å².